The van der Waals surface area contributed by atoms with Gasteiger partial charge in [-0.2, -0.15) is 0 Å². The first kappa shape index (κ1) is 53.5. The van der Waals surface area contributed by atoms with Crippen LogP contribution in [-0.4, -0.2) is 218 Å². The van der Waals surface area contributed by atoms with E-state index in [0.717, 1.165) is 0 Å². The van der Waals surface area contributed by atoms with Crippen molar-refractivity contribution in [3.8, 4) is 0 Å². The Morgan fingerprint density at radius 1 is 0.431 bits per heavy atom. The summed E-state index contributed by atoms with van der Waals surface area (Å²) in [7, 11) is 0. The van der Waals surface area contributed by atoms with Crippen LogP contribution in [0, 0.1) is 0 Å². The first-order valence-corrected chi connectivity index (χ1v) is 20.6. The molecule has 3 N–H and O–H groups in total. The average molecular weight is 835 g/mol. The second kappa shape index (κ2) is 29.7. The van der Waals surface area contributed by atoms with Crippen LogP contribution in [0.25, 0.3) is 0 Å². The van der Waals surface area contributed by atoms with Gasteiger partial charge in [-0.05, 0) is 62.3 Å². The lowest BCUT2D eigenvalue weighted by Crippen LogP contribution is -2.50. The van der Waals surface area contributed by atoms with Crippen LogP contribution < -0.4 is 11.1 Å². The van der Waals surface area contributed by atoms with Gasteiger partial charge in [0.25, 0.3) is 0 Å². The molecule has 1 aliphatic rings. The summed E-state index contributed by atoms with van der Waals surface area (Å²) in [6.07, 6.45) is 0. The third-order valence-corrected chi connectivity index (χ3v) is 7.93. The van der Waals surface area contributed by atoms with Crippen molar-refractivity contribution in [2.75, 3.05) is 158 Å². The molecule has 0 aromatic carbocycles. The zero-order valence-electron chi connectivity index (χ0n) is 37.2. The number of carbonyl (C=O) groups is 4. The minimum atomic E-state index is -0.642. The normalized spacial score (nSPS) is 16.3. The summed E-state index contributed by atoms with van der Waals surface area (Å²) >= 11 is 0. The number of hydrogen-bond acceptors (Lipinski definition) is 17. The molecule has 0 atom stereocenters. The molecular weight excluding hydrogens is 756 g/mol. The van der Waals surface area contributed by atoms with E-state index >= 15 is 0 Å². The molecule has 18 heteroatoms. The van der Waals surface area contributed by atoms with E-state index < -0.39 is 16.8 Å². The summed E-state index contributed by atoms with van der Waals surface area (Å²) in [5.41, 5.74) is 3.44. The van der Waals surface area contributed by atoms with Gasteiger partial charge < -0.3 is 48.9 Å². The summed E-state index contributed by atoms with van der Waals surface area (Å²) in [4.78, 5) is 59.9. The van der Waals surface area contributed by atoms with Gasteiger partial charge in [-0.3, -0.25) is 38.8 Å². The minimum Gasteiger partial charge on any atom is -0.459 e. The van der Waals surface area contributed by atoms with Crippen LogP contribution in [0.4, 0.5) is 0 Å². The molecule has 0 saturated carbocycles. The van der Waals surface area contributed by atoms with Gasteiger partial charge >= 0.3 is 17.9 Å². The van der Waals surface area contributed by atoms with Crippen molar-refractivity contribution in [2.45, 2.75) is 79.1 Å². The fourth-order valence-corrected chi connectivity index (χ4v) is 5.47. The maximum atomic E-state index is 13.1. The number of nitrogens with two attached hydrogens (primary N) is 1. The van der Waals surface area contributed by atoms with Crippen LogP contribution in [0.1, 0.15) is 62.3 Å². The number of amides is 1. The molecule has 1 heterocycles. The van der Waals surface area contributed by atoms with Crippen LogP contribution in [0.5, 0.6) is 0 Å². The fraction of sp³-hybridized carbons (Fsp3) is 0.900. The Kier molecular flexibility index (Phi) is 27.4. The van der Waals surface area contributed by atoms with E-state index in [9.17, 15) is 19.2 Å². The van der Waals surface area contributed by atoms with Gasteiger partial charge in [0.1, 0.15) is 16.8 Å². The van der Waals surface area contributed by atoms with E-state index in [1.54, 1.807) is 0 Å². The summed E-state index contributed by atoms with van der Waals surface area (Å²) in [5.74, 6) is -1.23. The van der Waals surface area contributed by atoms with Gasteiger partial charge in [-0.25, -0.2) is 0 Å². The molecule has 0 spiro atoms. The van der Waals surface area contributed by atoms with Gasteiger partial charge in [0, 0.05) is 65.4 Å². The smallest absolute Gasteiger partial charge is 0.320 e. The Hall–Kier alpha value is -2.52. The Balaban J connectivity index is 2.76. The number of hydrogen-bond donors (Lipinski definition) is 2. The van der Waals surface area contributed by atoms with Crippen molar-refractivity contribution in [3.63, 3.8) is 0 Å². The predicted molar refractivity (Wildman–Crippen MR) is 219 cm³/mol. The third kappa shape index (κ3) is 32.3. The molecule has 0 radical (unpaired) electrons. The molecule has 1 fully saturated rings. The molecule has 0 aromatic rings. The largest absolute Gasteiger partial charge is 0.459 e. The summed E-state index contributed by atoms with van der Waals surface area (Å²) in [6.45, 7) is 25.7. The summed E-state index contributed by atoms with van der Waals surface area (Å²) in [5, 5.41) is 2.93. The minimum absolute atomic E-state index is 0.0534. The molecule has 58 heavy (non-hydrogen) atoms. The molecule has 0 aromatic heterocycles. The highest BCUT2D eigenvalue weighted by Crippen LogP contribution is 2.11. The number of esters is 3. The second-order valence-electron chi connectivity index (χ2n) is 17.1. The van der Waals surface area contributed by atoms with Crippen molar-refractivity contribution in [3.05, 3.63) is 0 Å². The molecule has 1 rings (SSSR count). The highest BCUT2D eigenvalue weighted by molar-refractivity contribution is 5.78. The Bertz CT molecular complexity index is 1100. The SMILES string of the molecule is CC(C)(C)OC(=O)CN1CCN(CC(=O)NCCOCCOCCOCCOCCOCCN)CCN(CC(=O)OC(C)(C)C)CCN(CC(=O)OC(C)(C)C)CC1. The molecule has 1 aliphatic heterocycles. The zero-order valence-corrected chi connectivity index (χ0v) is 37.2. The quantitative estimate of drug-likeness (QED) is 0.0729. The number of ether oxygens (including phenoxy) is 8. The Morgan fingerprint density at radius 2 is 0.690 bits per heavy atom. The third-order valence-electron chi connectivity index (χ3n) is 7.93. The van der Waals surface area contributed by atoms with E-state index in [1.807, 2.05) is 81.9 Å². The molecule has 1 amide bonds. The molecular formula is C40H78N6O12. The first-order valence-electron chi connectivity index (χ1n) is 20.6. The van der Waals surface area contributed by atoms with E-state index in [4.69, 9.17) is 43.6 Å². The first-order chi connectivity index (χ1) is 27.2. The maximum absolute atomic E-state index is 13.1. The number of carbonyl (C=O) groups excluding carboxylic acids is 4. The van der Waals surface area contributed by atoms with Gasteiger partial charge in [0.05, 0.1) is 92.2 Å². The van der Waals surface area contributed by atoms with Gasteiger partial charge in [0.15, 0.2) is 0 Å². The van der Waals surface area contributed by atoms with E-state index in [2.05, 4.69) is 5.32 Å². The number of nitrogens with one attached hydrogen (secondary N) is 1. The molecule has 0 unspecified atom stereocenters. The lowest BCUT2D eigenvalue weighted by molar-refractivity contribution is -0.158. The molecule has 1 saturated heterocycles. The summed E-state index contributed by atoms with van der Waals surface area (Å²) < 4.78 is 44.2. The van der Waals surface area contributed by atoms with E-state index in [1.165, 1.54) is 0 Å². The highest BCUT2D eigenvalue weighted by Gasteiger charge is 2.26. The second-order valence-corrected chi connectivity index (χ2v) is 17.1. The van der Waals surface area contributed by atoms with Crippen molar-refractivity contribution in [1.29, 1.82) is 0 Å². The topological polar surface area (TPSA) is 193 Å². The van der Waals surface area contributed by atoms with Crippen molar-refractivity contribution in [1.82, 2.24) is 24.9 Å². The predicted octanol–water partition coefficient (Wildman–Crippen LogP) is 0.391. The van der Waals surface area contributed by atoms with Crippen LogP contribution in [-0.2, 0) is 57.1 Å². The zero-order chi connectivity index (χ0) is 43.5. The van der Waals surface area contributed by atoms with Gasteiger partial charge in [-0.15, -0.1) is 0 Å². The summed E-state index contributed by atoms with van der Waals surface area (Å²) in [6, 6.07) is 0. The van der Waals surface area contributed by atoms with E-state index in [-0.39, 0.29) is 50.0 Å². The standard InChI is InChI=1S/C40H78N6O12/c1-38(2,3)56-35(48)31-44-14-12-43(30-34(47)42-11-21-52-23-25-54-27-29-55-28-26-53-24-22-51-20-10-41)13-15-45(32-36(49)57-39(4,5)6)17-19-46(18-16-44)33-37(50)58-40(7,8)9/h10-33,41H2,1-9H3,(H,42,47). The lowest BCUT2D eigenvalue weighted by atomic mass is 10.2. The monoisotopic (exact) mass is 835 g/mol. The van der Waals surface area contributed by atoms with E-state index in [0.29, 0.717) is 132 Å². The van der Waals surface area contributed by atoms with Crippen LogP contribution >= 0.6 is 0 Å². The van der Waals surface area contributed by atoms with Crippen molar-refractivity contribution in [2.24, 2.45) is 5.73 Å². The fourth-order valence-electron chi connectivity index (χ4n) is 5.47. The van der Waals surface area contributed by atoms with Gasteiger partial charge in [-0.1, -0.05) is 0 Å². The Labute approximate surface area is 347 Å². The average Bonchev–Trinajstić information content (AvgIpc) is 3.08. The maximum Gasteiger partial charge on any atom is 0.320 e. The number of rotatable bonds is 25. The molecule has 340 valence electrons. The van der Waals surface area contributed by atoms with Crippen LogP contribution in [0.15, 0.2) is 0 Å². The molecule has 0 bridgehead atoms. The van der Waals surface area contributed by atoms with Crippen molar-refractivity contribution < 1.29 is 57.1 Å². The molecule has 18 nitrogen and oxygen atoms in total. The highest BCUT2D eigenvalue weighted by atomic mass is 16.6. The van der Waals surface area contributed by atoms with Crippen molar-refractivity contribution >= 4 is 23.8 Å². The van der Waals surface area contributed by atoms with Crippen LogP contribution in [0.2, 0.25) is 0 Å². The van der Waals surface area contributed by atoms with Gasteiger partial charge in [0.2, 0.25) is 5.91 Å². The lowest BCUT2D eigenvalue weighted by Gasteiger charge is -2.34. The Morgan fingerprint density at radius 3 is 0.966 bits per heavy atom. The molecule has 0 aliphatic carbocycles. The van der Waals surface area contributed by atoms with Crippen LogP contribution in [0.3, 0.4) is 0 Å². The number of nitrogens with zero attached hydrogens (tertiary/aromatic N) is 4.